The van der Waals surface area contributed by atoms with E-state index in [1.54, 1.807) is 36.4 Å². The molecule has 3 aromatic rings. The van der Waals surface area contributed by atoms with Crippen LogP contribution in [0, 0.1) is 5.82 Å². The van der Waals surface area contributed by atoms with Gasteiger partial charge in [-0.05, 0) is 53.7 Å². The van der Waals surface area contributed by atoms with Crippen molar-refractivity contribution in [3.8, 4) is 11.3 Å². The number of rotatable bonds is 5. The third-order valence-corrected chi connectivity index (χ3v) is 5.53. The lowest BCUT2D eigenvalue weighted by molar-refractivity contribution is -0.123. The minimum Gasteiger partial charge on any atom is -0.465 e. The van der Waals surface area contributed by atoms with Gasteiger partial charge in [-0.2, -0.15) is 0 Å². The first-order chi connectivity index (χ1) is 14.9. The maximum atomic E-state index is 13.1. The van der Waals surface area contributed by atoms with Crippen LogP contribution < -0.4 is 0 Å². The van der Waals surface area contributed by atoms with Crippen molar-refractivity contribution in [1.82, 2.24) is 4.90 Å². The van der Waals surface area contributed by atoms with Crippen LogP contribution in [0.5, 0.6) is 0 Å². The zero-order valence-electron chi connectivity index (χ0n) is 16.3. The molecule has 0 unspecified atom stereocenters. The molecule has 2 heterocycles. The van der Waals surface area contributed by atoms with Crippen LogP contribution in [0.3, 0.4) is 0 Å². The Hall–Kier alpha value is -3.65. The lowest BCUT2D eigenvalue weighted by Gasteiger charge is -2.12. The van der Waals surface area contributed by atoms with E-state index >= 15 is 0 Å². The summed E-state index contributed by atoms with van der Waals surface area (Å²) in [5.74, 6) is -0.276. The SMILES string of the molecule is COC(=O)c1ccc(-c2ccc(/C=C3/SC(=O)N(Cc4ccc(F)cc4)C3=O)o2)cc1. The summed E-state index contributed by atoms with van der Waals surface area (Å²) in [4.78, 5) is 37.8. The molecule has 1 aliphatic heterocycles. The summed E-state index contributed by atoms with van der Waals surface area (Å²) in [5.41, 5.74) is 1.82. The van der Waals surface area contributed by atoms with Gasteiger partial charge in [0.1, 0.15) is 17.3 Å². The highest BCUT2D eigenvalue weighted by atomic mass is 32.2. The number of thioether (sulfide) groups is 1. The Labute approximate surface area is 181 Å². The second-order valence-electron chi connectivity index (χ2n) is 6.67. The molecule has 0 bridgehead atoms. The van der Waals surface area contributed by atoms with E-state index in [1.807, 2.05) is 0 Å². The molecule has 6 nitrogen and oxygen atoms in total. The quantitative estimate of drug-likeness (QED) is 0.408. The van der Waals surface area contributed by atoms with Crippen molar-refractivity contribution in [1.29, 1.82) is 0 Å². The summed E-state index contributed by atoms with van der Waals surface area (Å²) in [7, 11) is 1.32. The monoisotopic (exact) mass is 437 g/mol. The largest absolute Gasteiger partial charge is 0.465 e. The molecule has 4 rings (SSSR count). The predicted molar refractivity (Wildman–Crippen MR) is 113 cm³/mol. The number of carbonyl (C=O) groups is 3. The highest BCUT2D eigenvalue weighted by Gasteiger charge is 2.35. The number of esters is 1. The van der Waals surface area contributed by atoms with E-state index in [0.29, 0.717) is 22.6 Å². The molecule has 8 heteroatoms. The van der Waals surface area contributed by atoms with E-state index in [9.17, 15) is 18.8 Å². The average molecular weight is 437 g/mol. The fraction of sp³-hybridized carbons (Fsp3) is 0.0870. The molecular weight excluding hydrogens is 421 g/mol. The predicted octanol–water partition coefficient (Wildman–Crippen LogP) is 5.11. The first-order valence-electron chi connectivity index (χ1n) is 9.23. The molecule has 1 aromatic heterocycles. The molecule has 2 amide bonds. The maximum Gasteiger partial charge on any atom is 0.337 e. The van der Waals surface area contributed by atoms with Gasteiger partial charge in [0, 0.05) is 11.6 Å². The fourth-order valence-corrected chi connectivity index (χ4v) is 3.83. The lowest BCUT2D eigenvalue weighted by Crippen LogP contribution is -2.27. The standard InChI is InChI=1S/C23H16FNO5S/c1-29-22(27)16-6-4-15(5-7-16)19-11-10-18(30-19)12-20-21(26)25(23(28)31-20)13-14-2-8-17(24)9-3-14/h2-12H,13H2,1H3/b20-12+. The number of benzene rings is 2. The second kappa shape index (κ2) is 8.61. The van der Waals surface area contributed by atoms with Gasteiger partial charge >= 0.3 is 5.97 Å². The van der Waals surface area contributed by atoms with Crippen molar-refractivity contribution in [2.24, 2.45) is 0 Å². The van der Waals surface area contributed by atoms with E-state index in [-0.39, 0.29) is 17.3 Å². The van der Waals surface area contributed by atoms with E-state index in [4.69, 9.17) is 4.42 Å². The van der Waals surface area contributed by atoms with Gasteiger partial charge < -0.3 is 9.15 Å². The summed E-state index contributed by atoms with van der Waals surface area (Å²) < 4.78 is 23.5. The Kier molecular flexibility index (Phi) is 5.73. The van der Waals surface area contributed by atoms with Crippen LogP contribution >= 0.6 is 11.8 Å². The molecule has 0 aliphatic carbocycles. The highest BCUT2D eigenvalue weighted by molar-refractivity contribution is 8.18. The molecule has 1 fully saturated rings. The molecule has 0 radical (unpaired) electrons. The minimum absolute atomic E-state index is 0.0677. The van der Waals surface area contributed by atoms with Crippen LogP contribution in [-0.2, 0) is 16.1 Å². The van der Waals surface area contributed by atoms with E-state index in [1.165, 1.54) is 37.5 Å². The summed E-state index contributed by atoms with van der Waals surface area (Å²) in [6.07, 6.45) is 1.52. The van der Waals surface area contributed by atoms with Crippen LogP contribution in [0.4, 0.5) is 9.18 Å². The number of furan rings is 1. The van der Waals surface area contributed by atoms with Crippen molar-refractivity contribution in [2.45, 2.75) is 6.54 Å². The van der Waals surface area contributed by atoms with Crippen molar-refractivity contribution >= 4 is 35.0 Å². The van der Waals surface area contributed by atoms with Gasteiger partial charge in [-0.25, -0.2) is 9.18 Å². The van der Waals surface area contributed by atoms with Gasteiger partial charge in [0.2, 0.25) is 0 Å². The first kappa shape index (κ1) is 20.6. The zero-order valence-corrected chi connectivity index (χ0v) is 17.1. The van der Waals surface area contributed by atoms with Crippen LogP contribution in [0.25, 0.3) is 17.4 Å². The first-order valence-corrected chi connectivity index (χ1v) is 10.0. The van der Waals surface area contributed by atoms with Crippen LogP contribution in [0.2, 0.25) is 0 Å². The Morgan fingerprint density at radius 2 is 1.77 bits per heavy atom. The smallest absolute Gasteiger partial charge is 0.337 e. The molecule has 1 saturated heterocycles. The summed E-state index contributed by atoms with van der Waals surface area (Å²) in [6, 6.07) is 15.8. The number of halogens is 1. The number of hydrogen-bond donors (Lipinski definition) is 0. The normalized spacial score (nSPS) is 15.0. The summed E-state index contributed by atoms with van der Waals surface area (Å²) >= 11 is 0.825. The molecule has 0 N–H and O–H groups in total. The number of ether oxygens (including phenoxy) is 1. The molecule has 0 spiro atoms. The zero-order chi connectivity index (χ0) is 22.0. The Morgan fingerprint density at radius 1 is 1.06 bits per heavy atom. The number of methoxy groups -OCH3 is 1. The number of carbonyl (C=O) groups excluding carboxylic acids is 3. The molecule has 0 saturated carbocycles. The van der Waals surface area contributed by atoms with Crippen LogP contribution in [-0.4, -0.2) is 29.1 Å². The molecule has 2 aromatic carbocycles. The molecule has 1 aliphatic rings. The van der Waals surface area contributed by atoms with E-state index in [2.05, 4.69) is 4.74 Å². The van der Waals surface area contributed by atoms with Gasteiger partial charge in [-0.15, -0.1) is 0 Å². The van der Waals surface area contributed by atoms with Crippen molar-refractivity contribution in [3.05, 3.63) is 88.3 Å². The maximum absolute atomic E-state index is 13.1. The van der Waals surface area contributed by atoms with Crippen LogP contribution in [0.1, 0.15) is 21.7 Å². The van der Waals surface area contributed by atoms with Crippen LogP contribution in [0.15, 0.2) is 70.0 Å². The number of amides is 2. The fourth-order valence-electron chi connectivity index (χ4n) is 3.01. The summed E-state index contributed by atoms with van der Waals surface area (Å²) in [5, 5.41) is -0.397. The Morgan fingerprint density at radius 3 is 2.45 bits per heavy atom. The van der Waals surface area contributed by atoms with Gasteiger partial charge in [0.25, 0.3) is 11.1 Å². The van der Waals surface area contributed by atoms with E-state index in [0.717, 1.165) is 22.2 Å². The number of nitrogens with zero attached hydrogens (tertiary/aromatic N) is 1. The third kappa shape index (κ3) is 4.44. The Bertz CT molecular complexity index is 1180. The van der Waals surface area contributed by atoms with E-state index < -0.39 is 17.1 Å². The topological polar surface area (TPSA) is 76.8 Å². The Balaban J connectivity index is 1.50. The number of hydrogen-bond acceptors (Lipinski definition) is 6. The number of imide groups is 1. The van der Waals surface area contributed by atoms with Crippen molar-refractivity contribution < 1.29 is 27.9 Å². The second-order valence-corrected chi connectivity index (χ2v) is 7.66. The molecule has 156 valence electrons. The van der Waals surface area contributed by atoms with Gasteiger partial charge in [0.15, 0.2) is 0 Å². The summed E-state index contributed by atoms with van der Waals surface area (Å²) in [6.45, 7) is 0.0677. The molecule has 0 atom stereocenters. The van der Waals surface area contributed by atoms with Gasteiger partial charge in [-0.1, -0.05) is 24.3 Å². The highest BCUT2D eigenvalue weighted by Crippen LogP contribution is 2.34. The average Bonchev–Trinajstić information content (AvgIpc) is 3.35. The van der Waals surface area contributed by atoms with Crippen molar-refractivity contribution in [3.63, 3.8) is 0 Å². The van der Waals surface area contributed by atoms with Crippen molar-refractivity contribution in [2.75, 3.05) is 7.11 Å². The molecular formula is C23H16FNO5S. The van der Waals surface area contributed by atoms with Gasteiger partial charge in [0.05, 0.1) is 24.1 Å². The molecule has 31 heavy (non-hydrogen) atoms. The third-order valence-electron chi connectivity index (χ3n) is 4.62. The lowest BCUT2D eigenvalue weighted by atomic mass is 10.1. The van der Waals surface area contributed by atoms with Gasteiger partial charge in [-0.3, -0.25) is 14.5 Å². The minimum atomic E-state index is -0.431.